The first-order valence-corrected chi connectivity index (χ1v) is 13.2. The number of para-hydroxylation sites is 1. The van der Waals surface area contributed by atoms with Crippen LogP contribution in [0.4, 0.5) is 0 Å². The van der Waals surface area contributed by atoms with E-state index in [2.05, 4.69) is 18.2 Å². The monoisotopic (exact) mass is 535 g/mol. The van der Waals surface area contributed by atoms with E-state index in [-0.39, 0.29) is 11.9 Å². The molecule has 0 bridgehead atoms. The highest BCUT2D eigenvalue weighted by molar-refractivity contribution is 6.31. The van der Waals surface area contributed by atoms with Crippen molar-refractivity contribution in [3.8, 4) is 11.8 Å². The van der Waals surface area contributed by atoms with Crippen molar-refractivity contribution in [3.63, 3.8) is 0 Å². The number of hydrogen-bond acceptors (Lipinski definition) is 4. The fourth-order valence-electron chi connectivity index (χ4n) is 4.32. The Labute approximate surface area is 235 Å². The second kappa shape index (κ2) is 14.0. The van der Waals surface area contributed by atoms with Crippen molar-refractivity contribution in [1.29, 1.82) is 5.26 Å². The molecule has 5 heteroatoms. The van der Waals surface area contributed by atoms with Crippen LogP contribution in [0.25, 0.3) is 6.08 Å². The quantitative estimate of drug-likeness (QED) is 0.182. The van der Waals surface area contributed by atoms with Gasteiger partial charge in [0, 0.05) is 16.1 Å². The summed E-state index contributed by atoms with van der Waals surface area (Å²) in [6, 6.07) is 33.2. The lowest BCUT2D eigenvalue weighted by Gasteiger charge is -2.15. The zero-order valence-electron chi connectivity index (χ0n) is 21.8. The number of carbonyl (C=O) groups excluding carboxylic acids is 1. The topological polar surface area (TPSA) is 59.3 Å². The second-order valence-corrected chi connectivity index (χ2v) is 9.68. The summed E-state index contributed by atoms with van der Waals surface area (Å²) in [5, 5.41) is 9.78. The highest BCUT2D eigenvalue weighted by atomic mass is 35.5. The van der Waals surface area contributed by atoms with Crippen LogP contribution >= 0.6 is 11.6 Å². The predicted molar refractivity (Wildman–Crippen MR) is 156 cm³/mol. The summed E-state index contributed by atoms with van der Waals surface area (Å²) in [7, 11) is 1.39. The normalized spacial score (nSPS) is 11.6. The van der Waals surface area contributed by atoms with Crippen molar-refractivity contribution in [2.24, 2.45) is 5.92 Å². The summed E-state index contributed by atoms with van der Waals surface area (Å²) in [5.41, 5.74) is 5.46. The summed E-state index contributed by atoms with van der Waals surface area (Å²) in [4.78, 5) is 11.8. The standard InChI is InChI=1S/C34H30ClNO3/c1-38-34(37)30-20-17-27(18-21-30)22-26(13-10-25-11-14-28(23-36)15-12-25)16-19-29-6-3-5-9-33(29)39-24-31-7-2-4-8-32(31)35/h2-9,11-12,14-21,26H,10,13,22,24H2,1H3. The summed E-state index contributed by atoms with van der Waals surface area (Å²) < 4.78 is 11.0. The Balaban J connectivity index is 1.51. The van der Waals surface area contributed by atoms with Gasteiger partial charge in [0.05, 0.1) is 24.3 Å². The highest BCUT2D eigenvalue weighted by Crippen LogP contribution is 2.25. The summed E-state index contributed by atoms with van der Waals surface area (Å²) >= 11 is 6.31. The molecule has 0 aromatic heterocycles. The molecule has 4 aromatic rings. The van der Waals surface area contributed by atoms with Gasteiger partial charge in [-0.1, -0.05) is 84.4 Å². The number of halogens is 1. The Morgan fingerprint density at radius 2 is 1.62 bits per heavy atom. The fraction of sp³-hybridized carbons (Fsp3) is 0.176. The molecule has 0 amide bonds. The van der Waals surface area contributed by atoms with Crippen molar-refractivity contribution >= 4 is 23.6 Å². The molecule has 0 spiro atoms. The maximum atomic E-state index is 11.8. The second-order valence-electron chi connectivity index (χ2n) is 9.28. The Kier molecular flexibility index (Phi) is 9.94. The third-order valence-electron chi connectivity index (χ3n) is 6.57. The van der Waals surface area contributed by atoms with E-state index >= 15 is 0 Å². The number of rotatable bonds is 11. The first kappa shape index (κ1) is 27.7. The fourth-order valence-corrected chi connectivity index (χ4v) is 4.51. The molecule has 0 aliphatic carbocycles. The lowest BCUT2D eigenvalue weighted by atomic mass is 9.91. The van der Waals surface area contributed by atoms with Gasteiger partial charge in [0.2, 0.25) is 0 Å². The minimum absolute atomic E-state index is 0.237. The lowest BCUT2D eigenvalue weighted by molar-refractivity contribution is 0.0600. The first-order chi connectivity index (χ1) is 19.1. The van der Waals surface area contributed by atoms with Gasteiger partial charge in [-0.05, 0) is 72.7 Å². The van der Waals surface area contributed by atoms with Crippen LogP contribution < -0.4 is 4.74 Å². The maximum Gasteiger partial charge on any atom is 0.337 e. The number of nitriles is 1. The molecule has 39 heavy (non-hydrogen) atoms. The molecule has 0 heterocycles. The van der Waals surface area contributed by atoms with Crippen LogP contribution in [0.15, 0.2) is 103 Å². The molecule has 0 fully saturated rings. The summed E-state index contributed by atoms with van der Waals surface area (Å²) in [5.74, 6) is 0.690. The maximum absolute atomic E-state index is 11.8. The molecule has 4 aromatic carbocycles. The molecule has 4 nitrogen and oxygen atoms in total. The van der Waals surface area contributed by atoms with Crippen LogP contribution in [0.1, 0.15) is 44.6 Å². The van der Waals surface area contributed by atoms with Crippen molar-refractivity contribution < 1.29 is 14.3 Å². The van der Waals surface area contributed by atoms with Gasteiger partial charge in [-0.2, -0.15) is 5.26 Å². The molecule has 0 saturated heterocycles. The van der Waals surface area contributed by atoms with Gasteiger partial charge in [0.25, 0.3) is 0 Å². The predicted octanol–water partition coefficient (Wildman–Crippen LogP) is 8.08. The highest BCUT2D eigenvalue weighted by Gasteiger charge is 2.11. The van der Waals surface area contributed by atoms with E-state index in [1.807, 2.05) is 84.9 Å². The number of carbonyl (C=O) groups is 1. The number of hydrogen-bond donors (Lipinski definition) is 0. The number of ether oxygens (including phenoxy) is 2. The molecule has 1 unspecified atom stereocenters. The zero-order valence-corrected chi connectivity index (χ0v) is 22.6. The van der Waals surface area contributed by atoms with Crippen molar-refractivity contribution in [3.05, 3.63) is 142 Å². The van der Waals surface area contributed by atoms with Crippen molar-refractivity contribution in [2.75, 3.05) is 7.11 Å². The van der Waals surface area contributed by atoms with Gasteiger partial charge in [-0.3, -0.25) is 0 Å². The molecule has 0 saturated carbocycles. The van der Waals surface area contributed by atoms with Gasteiger partial charge in [-0.15, -0.1) is 0 Å². The van der Waals surface area contributed by atoms with Gasteiger partial charge in [0.15, 0.2) is 0 Å². The molecule has 0 radical (unpaired) electrons. The third kappa shape index (κ3) is 8.07. The zero-order chi connectivity index (χ0) is 27.5. The number of aryl methyl sites for hydroxylation is 1. The SMILES string of the molecule is COC(=O)c1ccc(CC(C=Cc2ccccc2OCc2ccccc2Cl)CCc2ccc(C#N)cc2)cc1. The van der Waals surface area contributed by atoms with E-state index in [4.69, 9.17) is 26.3 Å². The molecular formula is C34H30ClNO3. The largest absolute Gasteiger partial charge is 0.488 e. The Hall–Kier alpha value is -4.33. The van der Waals surface area contributed by atoms with Gasteiger partial charge in [0.1, 0.15) is 12.4 Å². The number of nitrogens with zero attached hydrogens (tertiary/aromatic N) is 1. The molecular weight excluding hydrogens is 506 g/mol. The molecule has 0 N–H and O–H groups in total. The minimum Gasteiger partial charge on any atom is -0.488 e. The van der Waals surface area contributed by atoms with E-state index in [0.29, 0.717) is 22.8 Å². The van der Waals surface area contributed by atoms with Crippen LogP contribution in [-0.4, -0.2) is 13.1 Å². The van der Waals surface area contributed by atoms with Crippen LogP contribution in [0.5, 0.6) is 5.75 Å². The molecule has 0 aliphatic heterocycles. The van der Waals surface area contributed by atoms with Crippen LogP contribution in [-0.2, 0) is 24.2 Å². The van der Waals surface area contributed by atoms with E-state index < -0.39 is 0 Å². The number of methoxy groups -OCH3 is 1. The summed E-state index contributed by atoms with van der Waals surface area (Å²) in [6.07, 6.45) is 6.97. The number of benzene rings is 4. The van der Waals surface area contributed by atoms with Gasteiger partial charge < -0.3 is 9.47 Å². The first-order valence-electron chi connectivity index (χ1n) is 12.9. The lowest BCUT2D eigenvalue weighted by Crippen LogP contribution is -2.05. The Morgan fingerprint density at radius 1 is 0.923 bits per heavy atom. The minimum atomic E-state index is -0.341. The molecule has 0 aliphatic rings. The van der Waals surface area contributed by atoms with E-state index in [9.17, 15) is 4.79 Å². The van der Waals surface area contributed by atoms with Crippen LogP contribution in [0.2, 0.25) is 5.02 Å². The van der Waals surface area contributed by atoms with Crippen LogP contribution in [0.3, 0.4) is 0 Å². The molecule has 196 valence electrons. The van der Waals surface area contributed by atoms with Gasteiger partial charge in [-0.25, -0.2) is 4.79 Å². The average molecular weight is 536 g/mol. The Bertz CT molecular complexity index is 1450. The molecule has 4 rings (SSSR count). The summed E-state index contributed by atoms with van der Waals surface area (Å²) in [6.45, 7) is 0.388. The average Bonchev–Trinajstić information content (AvgIpc) is 2.98. The Morgan fingerprint density at radius 3 is 2.33 bits per heavy atom. The molecule has 1 atom stereocenters. The van der Waals surface area contributed by atoms with Crippen molar-refractivity contribution in [1.82, 2.24) is 0 Å². The van der Waals surface area contributed by atoms with Crippen LogP contribution in [0, 0.1) is 17.2 Å². The number of esters is 1. The smallest absolute Gasteiger partial charge is 0.337 e. The van der Waals surface area contributed by atoms with E-state index in [1.165, 1.54) is 12.7 Å². The van der Waals surface area contributed by atoms with Crippen molar-refractivity contribution in [2.45, 2.75) is 25.9 Å². The van der Waals surface area contributed by atoms with Gasteiger partial charge >= 0.3 is 5.97 Å². The van der Waals surface area contributed by atoms with E-state index in [0.717, 1.165) is 41.7 Å². The van der Waals surface area contributed by atoms with E-state index in [1.54, 1.807) is 12.1 Å². The number of allylic oxidation sites excluding steroid dienone is 1. The third-order valence-corrected chi connectivity index (χ3v) is 6.94.